The van der Waals surface area contributed by atoms with E-state index in [0.29, 0.717) is 0 Å². The van der Waals surface area contributed by atoms with Crippen LogP contribution in [0.25, 0.3) is 21.5 Å². The van der Waals surface area contributed by atoms with Gasteiger partial charge >= 0.3 is 0 Å². The molecule has 3 aromatic carbocycles. The summed E-state index contributed by atoms with van der Waals surface area (Å²) in [6, 6.07) is 24.1. The van der Waals surface area contributed by atoms with Crippen LogP contribution in [0.2, 0.25) is 0 Å². The van der Waals surface area contributed by atoms with Crippen molar-refractivity contribution in [1.82, 2.24) is 9.78 Å². The van der Waals surface area contributed by atoms with Crippen LogP contribution in [-0.4, -0.2) is 9.78 Å². The third-order valence-electron chi connectivity index (χ3n) is 3.51. The zero-order chi connectivity index (χ0) is 19.4. The van der Waals surface area contributed by atoms with E-state index < -0.39 is 0 Å². The number of hydrogen-bond acceptors (Lipinski definition) is 2. The molecule has 0 amide bonds. The van der Waals surface area contributed by atoms with Crippen molar-refractivity contribution in [2.45, 2.75) is 35.1 Å². The lowest BCUT2D eigenvalue weighted by Gasteiger charge is -1.97. The minimum atomic E-state index is -0.0481. The van der Waals surface area contributed by atoms with Crippen LogP contribution in [0.15, 0.2) is 83.8 Å². The lowest BCUT2D eigenvalue weighted by molar-refractivity contribution is 0.718. The van der Waals surface area contributed by atoms with Crippen molar-refractivity contribution in [2.24, 2.45) is 7.05 Å². The van der Waals surface area contributed by atoms with Crippen LogP contribution in [0.1, 0.15) is 35.1 Å². The van der Waals surface area contributed by atoms with Crippen molar-refractivity contribution < 1.29 is 0 Å². The van der Waals surface area contributed by atoms with Gasteiger partial charge in [-0.2, -0.15) is 5.10 Å². The van der Waals surface area contributed by atoms with Crippen LogP contribution in [0.5, 0.6) is 0 Å². The Labute approximate surface area is 163 Å². The molecule has 144 valence electrons. The molecule has 0 atom stereocenters. The van der Waals surface area contributed by atoms with Gasteiger partial charge in [0.05, 0.1) is 11.6 Å². The first-order chi connectivity index (χ1) is 12.8. The maximum absolute atomic E-state index is 11.4. The average molecular weight is 365 g/mol. The molecule has 1 aromatic heterocycles. The van der Waals surface area contributed by atoms with Gasteiger partial charge in [-0.15, -0.1) is 0 Å². The summed E-state index contributed by atoms with van der Waals surface area (Å²) in [5, 5.41) is 8.14. The van der Waals surface area contributed by atoms with Crippen LogP contribution >= 0.6 is 0 Å². The number of aryl methyl sites for hydroxylation is 1. The number of nitrogens with zero attached hydrogens (tertiary/aromatic N) is 2. The molecule has 4 rings (SSSR count). The van der Waals surface area contributed by atoms with E-state index in [1.165, 1.54) is 15.5 Å². The van der Waals surface area contributed by atoms with Crippen molar-refractivity contribution >= 4 is 21.5 Å². The molecule has 3 nitrogen and oxygen atoms in total. The van der Waals surface area contributed by atoms with E-state index in [-0.39, 0.29) is 13.0 Å². The van der Waals surface area contributed by atoms with Crippen LogP contribution in [0.4, 0.5) is 0 Å². The van der Waals surface area contributed by atoms with Crippen molar-refractivity contribution in [3.8, 4) is 0 Å². The zero-order valence-corrected chi connectivity index (χ0v) is 16.3. The van der Waals surface area contributed by atoms with Crippen molar-refractivity contribution in [3.63, 3.8) is 0 Å². The summed E-state index contributed by atoms with van der Waals surface area (Å²) in [5.41, 5.74) is -0.0481. The van der Waals surface area contributed by atoms with Crippen LogP contribution < -0.4 is 5.56 Å². The monoisotopic (exact) mass is 364 g/mol. The molecule has 27 heavy (non-hydrogen) atoms. The molecule has 0 aliphatic heterocycles. The molecule has 0 N–H and O–H groups in total. The quantitative estimate of drug-likeness (QED) is 0.359. The third-order valence-corrected chi connectivity index (χ3v) is 3.51. The second-order valence-corrected chi connectivity index (χ2v) is 5.01. The summed E-state index contributed by atoms with van der Waals surface area (Å²) < 4.78 is 1.34. The summed E-state index contributed by atoms with van der Waals surface area (Å²) in [6.07, 6.45) is 1.69. The summed E-state index contributed by atoms with van der Waals surface area (Å²) in [6.45, 7) is 8.00. The second-order valence-electron chi connectivity index (χ2n) is 5.01. The summed E-state index contributed by atoms with van der Waals surface area (Å²) in [4.78, 5) is 11.4. The van der Waals surface area contributed by atoms with E-state index >= 15 is 0 Å². The van der Waals surface area contributed by atoms with E-state index in [9.17, 15) is 4.79 Å². The van der Waals surface area contributed by atoms with E-state index in [1.807, 2.05) is 45.9 Å². The van der Waals surface area contributed by atoms with Crippen molar-refractivity contribution in [3.05, 3.63) is 89.3 Å². The molecule has 0 bridgehead atoms. The third kappa shape index (κ3) is 6.70. The van der Waals surface area contributed by atoms with Crippen LogP contribution in [0, 0.1) is 0 Å². The van der Waals surface area contributed by atoms with Crippen molar-refractivity contribution in [2.75, 3.05) is 0 Å². The normalized spacial score (nSPS) is 8.78. The molecule has 0 aliphatic rings. The van der Waals surface area contributed by atoms with Crippen molar-refractivity contribution in [1.29, 1.82) is 0 Å². The molecule has 3 heteroatoms. The molecular formula is C24H32N2O. The highest BCUT2D eigenvalue weighted by molar-refractivity contribution is 5.82. The molecule has 0 saturated carbocycles. The number of fused-ring (bicyclic) bond motifs is 2. The first-order valence-corrected chi connectivity index (χ1v) is 9.10. The Morgan fingerprint density at radius 3 is 1.48 bits per heavy atom. The largest absolute Gasteiger partial charge is 0.274 e. The smallest absolute Gasteiger partial charge is 0.267 e. The zero-order valence-electron chi connectivity index (χ0n) is 16.3. The Morgan fingerprint density at radius 2 is 1.04 bits per heavy atom. The van der Waals surface area contributed by atoms with E-state index in [1.54, 1.807) is 19.3 Å². The lowest BCUT2D eigenvalue weighted by atomic mass is 10.1. The first-order valence-electron chi connectivity index (χ1n) is 9.10. The summed E-state index contributed by atoms with van der Waals surface area (Å²) >= 11 is 0. The molecule has 0 aliphatic carbocycles. The van der Waals surface area contributed by atoms with Gasteiger partial charge in [0.1, 0.15) is 0 Å². The average Bonchev–Trinajstić information content (AvgIpc) is 2.74. The number of aromatic nitrogens is 2. The number of hydrogen-bond donors (Lipinski definition) is 0. The molecular weight excluding hydrogens is 332 g/mol. The molecule has 1 heterocycles. The predicted molar refractivity (Wildman–Crippen MR) is 120 cm³/mol. The highest BCUT2D eigenvalue weighted by atomic mass is 16.1. The minimum Gasteiger partial charge on any atom is -0.267 e. The first kappa shape index (κ1) is 24.1. The molecule has 0 spiro atoms. The molecule has 0 saturated heterocycles. The fourth-order valence-electron chi connectivity index (χ4n) is 2.31. The lowest BCUT2D eigenvalue weighted by Crippen LogP contribution is -2.18. The fraction of sp³-hybridized carbons (Fsp3) is 0.250. The summed E-state index contributed by atoms with van der Waals surface area (Å²) in [7, 11) is 1.65. The van der Waals surface area contributed by atoms with Gasteiger partial charge in [-0.3, -0.25) is 4.79 Å². The Balaban J connectivity index is 0.000000414. The molecule has 4 aromatic rings. The van der Waals surface area contributed by atoms with Gasteiger partial charge in [0.25, 0.3) is 5.56 Å². The Kier molecular flexibility index (Phi) is 11.8. The number of rotatable bonds is 0. The Hall–Kier alpha value is -2.94. The Morgan fingerprint density at radius 1 is 0.667 bits per heavy atom. The fourth-order valence-corrected chi connectivity index (χ4v) is 2.31. The highest BCUT2D eigenvalue weighted by Gasteiger charge is 1.97. The summed E-state index contributed by atoms with van der Waals surface area (Å²) in [5.74, 6) is 0. The maximum atomic E-state index is 11.4. The van der Waals surface area contributed by atoms with E-state index in [0.717, 1.165) is 10.8 Å². The standard InChI is InChI=1S/C10H8.C9H8N2O.2C2H6.CH4/c1-2-6-10-8-4-3-7-9(10)5-1;1-11-9(12)8-5-3-2-4-7(8)6-10-11;2*1-2;/h1-8H;2-6H,1H3;2*1-2H3;1H4. The molecule has 0 unspecified atom stereocenters. The maximum Gasteiger partial charge on any atom is 0.274 e. The highest BCUT2D eigenvalue weighted by Crippen LogP contribution is 2.11. The topological polar surface area (TPSA) is 34.9 Å². The predicted octanol–water partition coefficient (Wildman–Crippen LogP) is 6.46. The van der Waals surface area contributed by atoms with Crippen LogP contribution in [0.3, 0.4) is 0 Å². The van der Waals surface area contributed by atoms with Gasteiger partial charge in [-0.05, 0) is 16.8 Å². The molecule has 0 fully saturated rings. The Bertz CT molecular complexity index is 909. The SMILES string of the molecule is C.CC.CC.Cn1ncc2ccccc2c1=O.c1ccc2ccccc2c1. The van der Waals surface area contributed by atoms with E-state index in [2.05, 4.69) is 53.6 Å². The van der Waals surface area contributed by atoms with Gasteiger partial charge in [0, 0.05) is 12.4 Å². The van der Waals surface area contributed by atoms with Gasteiger partial charge < -0.3 is 0 Å². The van der Waals surface area contributed by atoms with Gasteiger partial charge in [0.15, 0.2) is 0 Å². The van der Waals surface area contributed by atoms with Gasteiger partial charge in [0.2, 0.25) is 0 Å². The van der Waals surface area contributed by atoms with Crippen LogP contribution in [-0.2, 0) is 7.05 Å². The van der Waals surface area contributed by atoms with E-state index in [4.69, 9.17) is 0 Å². The van der Waals surface area contributed by atoms with Gasteiger partial charge in [-0.25, -0.2) is 4.68 Å². The van der Waals surface area contributed by atoms with Gasteiger partial charge in [-0.1, -0.05) is 102 Å². The minimum absolute atomic E-state index is 0. The number of benzene rings is 3. The second kappa shape index (κ2) is 13.3. The molecule has 0 radical (unpaired) electrons.